The molecule has 2 N–H and O–H groups in total. The molecular formula is C9H22ClN3O2S. The van der Waals surface area contributed by atoms with E-state index in [2.05, 4.69) is 17.0 Å². The minimum absolute atomic E-state index is 0. The predicted octanol–water partition coefficient (Wildman–Crippen LogP) is 0.194. The Labute approximate surface area is 105 Å². The monoisotopic (exact) mass is 271 g/mol. The molecule has 0 radical (unpaired) electrons. The molecule has 1 unspecified atom stereocenters. The molecule has 0 aliphatic carbocycles. The summed E-state index contributed by atoms with van der Waals surface area (Å²) >= 11 is 0. The van der Waals surface area contributed by atoms with Crippen molar-refractivity contribution in [3.63, 3.8) is 0 Å². The van der Waals surface area contributed by atoms with Gasteiger partial charge in [0, 0.05) is 26.2 Å². The van der Waals surface area contributed by atoms with E-state index in [-0.39, 0.29) is 12.4 Å². The summed E-state index contributed by atoms with van der Waals surface area (Å²) in [4.78, 5) is 0. The minimum Gasteiger partial charge on any atom is -0.318 e. The number of nitrogens with one attached hydrogen (secondary N) is 2. The van der Waals surface area contributed by atoms with Gasteiger partial charge in [0.1, 0.15) is 0 Å². The topological polar surface area (TPSA) is 61.4 Å². The van der Waals surface area contributed by atoms with Gasteiger partial charge in [0.25, 0.3) is 10.2 Å². The molecule has 0 saturated carbocycles. The van der Waals surface area contributed by atoms with E-state index in [9.17, 15) is 8.42 Å². The number of nitrogens with zero attached hydrogens (tertiary/aromatic N) is 1. The van der Waals surface area contributed by atoms with E-state index >= 15 is 0 Å². The van der Waals surface area contributed by atoms with Crippen molar-refractivity contribution >= 4 is 22.6 Å². The predicted molar refractivity (Wildman–Crippen MR) is 68.1 cm³/mol. The Hall–Kier alpha value is 0.120. The molecule has 0 aromatic heterocycles. The lowest BCUT2D eigenvalue weighted by Gasteiger charge is -2.29. The summed E-state index contributed by atoms with van der Waals surface area (Å²) in [6.45, 7) is 4.50. The first-order valence-electron chi connectivity index (χ1n) is 5.45. The number of piperidine rings is 1. The van der Waals surface area contributed by atoms with Crippen LogP contribution in [0.15, 0.2) is 0 Å². The summed E-state index contributed by atoms with van der Waals surface area (Å²) in [5.41, 5.74) is 0. The fourth-order valence-corrected chi connectivity index (χ4v) is 3.12. The molecule has 0 spiro atoms. The second-order valence-corrected chi connectivity index (χ2v) is 5.86. The third kappa shape index (κ3) is 4.97. The van der Waals surface area contributed by atoms with E-state index in [0.717, 1.165) is 12.8 Å². The van der Waals surface area contributed by atoms with Gasteiger partial charge in [0.2, 0.25) is 0 Å². The molecule has 0 aromatic carbocycles. The van der Waals surface area contributed by atoms with E-state index in [4.69, 9.17) is 0 Å². The van der Waals surface area contributed by atoms with Crippen molar-refractivity contribution in [3.8, 4) is 0 Å². The summed E-state index contributed by atoms with van der Waals surface area (Å²) in [6, 6.07) is 0. The van der Waals surface area contributed by atoms with Crippen molar-refractivity contribution in [1.29, 1.82) is 0 Å². The smallest absolute Gasteiger partial charge is 0.279 e. The first-order valence-corrected chi connectivity index (χ1v) is 6.89. The molecule has 1 atom stereocenters. The summed E-state index contributed by atoms with van der Waals surface area (Å²) in [5.74, 6) is 0.472. The average molecular weight is 272 g/mol. The van der Waals surface area contributed by atoms with Gasteiger partial charge in [-0.25, -0.2) is 4.72 Å². The van der Waals surface area contributed by atoms with Gasteiger partial charge in [-0.15, -0.1) is 12.4 Å². The highest BCUT2D eigenvalue weighted by molar-refractivity contribution is 7.87. The standard InChI is InChI=1S/C9H21N3O2S.ClH/c1-9-4-3-7-12(8-9)15(13,14)11-6-5-10-2;/h9-11H,3-8H2,1-2H3;1H. The van der Waals surface area contributed by atoms with Gasteiger partial charge < -0.3 is 5.32 Å². The van der Waals surface area contributed by atoms with Crippen molar-refractivity contribution in [1.82, 2.24) is 14.3 Å². The number of halogens is 1. The number of rotatable bonds is 5. The van der Waals surface area contributed by atoms with Gasteiger partial charge in [-0.05, 0) is 25.8 Å². The van der Waals surface area contributed by atoms with E-state index in [1.54, 1.807) is 11.4 Å². The van der Waals surface area contributed by atoms with Crippen LogP contribution in [0.3, 0.4) is 0 Å². The Morgan fingerprint density at radius 2 is 2.06 bits per heavy atom. The van der Waals surface area contributed by atoms with Crippen LogP contribution in [0.5, 0.6) is 0 Å². The molecule has 98 valence electrons. The van der Waals surface area contributed by atoms with Crippen LogP contribution in [0.25, 0.3) is 0 Å². The molecule has 7 heteroatoms. The van der Waals surface area contributed by atoms with E-state index < -0.39 is 10.2 Å². The van der Waals surface area contributed by atoms with Crippen LogP contribution in [0, 0.1) is 5.92 Å². The summed E-state index contributed by atoms with van der Waals surface area (Å²) in [7, 11) is -1.44. The van der Waals surface area contributed by atoms with Crippen molar-refractivity contribution in [2.45, 2.75) is 19.8 Å². The van der Waals surface area contributed by atoms with Crippen LogP contribution < -0.4 is 10.0 Å². The maximum atomic E-state index is 11.8. The van der Waals surface area contributed by atoms with Crippen molar-refractivity contribution in [2.24, 2.45) is 5.92 Å². The molecule has 5 nitrogen and oxygen atoms in total. The van der Waals surface area contributed by atoms with Crippen LogP contribution in [-0.2, 0) is 10.2 Å². The van der Waals surface area contributed by atoms with Gasteiger partial charge in [0.15, 0.2) is 0 Å². The molecule has 1 fully saturated rings. The van der Waals surface area contributed by atoms with E-state index in [1.165, 1.54) is 0 Å². The zero-order valence-electron chi connectivity index (χ0n) is 9.90. The lowest BCUT2D eigenvalue weighted by molar-refractivity contribution is 0.278. The molecule has 16 heavy (non-hydrogen) atoms. The molecular weight excluding hydrogens is 250 g/mol. The van der Waals surface area contributed by atoms with Gasteiger partial charge in [-0.1, -0.05) is 6.92 Å². The van der Waals surface area contributed by atoms with Crippen molar-refractivity contribution in [3.05, 3.63) is 0 Å². The summed E-state index contributed by atoms with van der Waals surface area (Å²) in [5, 5.41) is 2.91. The highest BCUT2D eigenvalue weighted by Gasteiger charge is 2.26. The summed E-state index contributed by atoms with van der Waals surface area (Å²) in [6.07, 6.45) is 2.09. The molecule has 0 amide bonds. The molecule has 1 saturated heterocycles. The molecule has 0 bridgehead atoms. The van der Waals surface area contributed by atoms with Crippen LogP contribution in [0.2, 0.25) is 0 Å². The fourth-order valence-electron chi connectivity index (χ4n) is 1.76. The maximum Gasteiger partial charge on any atom is 0.279 e. The molecule has 1 rings (SSSR count). The Balaban J connectivity index is 0.00000225. The Morgan fingerprint density at radius 1 is 1.38 bits per heavy atom. The third-order valence-corrected chi connectivity index (χ3v) is 4.20. The lowest BCUT2D eigenvalue weighted by Crippen LogP contribution is -2.46. The quantitative estimate of drug-likeness (QED) is 0.702. The largest absolute Gasteiger partial charge is 0.318 e. The van der Waals surface area contributed by atoms with Crippen LogP contribution >= 0.6 is 12.4 Å². The number of hydrogen-bond acceptors (Lipinski definition) is 3. The fraction of sp³-hybridized carbons (Fsp3) is 1.00. The average Bonchev–Trinajstić information content (AvgIpc) is 2.18. The molecule has 1 aliphatic heterocycles. The SMILES string of the molecule is CNCCNS(=O)(=O)N1CCCC(C)C1.Cl. The first-order chi connectivity index (χ1) is 7.06. The second-order valence-electron chi connectivity index (χ2n) is 4.11. The maximum absolute atomic E-state index is 11.8. The normalized spacial score (nSPS) is 22.8. The van der Waals surface area contributed by atoms with Crippen molar-refractivity contribution in [2.75, 3.05) is 33.2 Å². The Bertz CT molecular complexity index is 284. The van der Waals surface area contributed by atoms with Gasteiger partial charge >= 0.3 is 0 Å². The zero-order chi connectivity index (χ0) is 11.3. The second kappa shape index (κ2) is 7.45. The van der Waals surface area contributed by atoms with Crippen LogP contribution in [0.1, 0.15) is 19.8 Å². The van der Waals surface area contributed by atoms with Gasteiger partial charge in [0.05, 0.1) is 0 Å². The van der Waals surface area contributed by atoms with E-state index in [0.29, 0.717) is 32.1 Å². The molecule has 1 aliphatic rings. The van der Waals surface area contributed by atoms with Crippen LogP contribution in [-0.4, -0.2) is 45.9 Å². The van der Waals surface area contributed by atoms with Crippen LogP contribution in [0.4, 0.5) is 0 Å². The third-order valence-electron chi connectivity index (χ3n) is 2.62. The van der Waals surface area contributed by atoms with Gasteiger partial charge in [-0.2, -0.15) is 12.7 Å². The molecule has 0 aromatic rings. The Morgan fingerprint density at radius 3 is 2.62 bits per heavy atom. The summed E-state index contributed by atoms with van der Waals surface area (Å²) < 4.78 is 27.7. The minimum atomic E-state index is -3.25. The number of likely N-dealkylation sites (N-methyl/N-ethyl adjacent to an activating group) is 1. The highest BCUT2D eigenvalue weighted by Crippen LogP contribution is 2.17. The molecule has 1 heterocycles. The highest BCUT2D eigenvalue weighted by atomic mass is 35.5. The van der Waals surface area contributed by atoms with Crippen molar-refractivity contribution < 1.29 is 8.42 Å². The lowest BCUT2D eigenvalue weighted by atomic mass is 10.0. The van der Waals surface area contributed by atoms with Gasteiger partial charge in [-0.3, -0.25) is 0 Å². The first kappa shape index (κ1) is 16.1. The zero-order valence-corrected chi connectivity index (χ0v) is 11.5. The Kier molecular flexibility index (Phi) is 7.50. The number of hydrogen-bond donors (Lipinski definition) is 2. The van der Waals surface area contributed by atoms with E-state index in [1.807, 2.05) is 0 Å².